The third kappa shape index (κ3) is 21.1. The summed E-state index contributed by atoms with van der Waals surface area (Å²) in [5.41, 5.74) is 6.34. The Hall–Kier alpha value is -1.50. The fourth-order valence-corrected chi connectivity index (χ4v) is 2.45. The summed E-state index contributed by atoms with van der Waals surface area (Å²) in [6.07, 6.45) is 0. The van der Waals surface area contributed by atoms with Gasteiger partial charge in [0.25, 0.3) is 0 Å². The second-order valence-corrected chi connectivity index (χ2v) is 7.51. The summed E-state index contributed by atoms with van der Waals surface area (Å²) in [5, 5.41) is 0. The third-order valence-corrected chi connectivity index (χ3v) is 4.29. The molecule has 1 rings (SSSR count). The van der Waals surface area contributed by atoms with E-state index in [1.807, 2.05) is 26.2 Å². The number of nitrogens with two attached hydrogens (primary N) is 1. The zero-order valence-corrected chi connectivity index (χ0v) is 20.9. The van der Waals surface area contributed by atoms with Gasteiger partial charge in [0.05, 0.1) is 92.5 Å². The van der Waals surface area contributed by atoms with Gasteiger partial charge in [-0.3, -0.25) is 0 Å². The van der Waals surface area contributed by atoms with Crippen molar-refractivity contribution < 1.29 is 37.9 Å². The molecule has 0 unspecified atom stereocenters. The minimum Gasteiger partial charge on any atom is -0.491 e. The largest absolute Gasteiger partial charge is 0.491 e. The Balaban J connectivity index is 1.66. The lowest BCUT2D eigenvalue weighted by Gasteiger charge is -2.10. The molecule has 34 heavy (non-hydrogen) atoms. The van der Waals surface area contributed by atoms with Gasteiger partial charge in [-0.2, -0.15) is 0 Å². The van der Waals surface area contributed by atoms with Gasteiger partial charge in [0.2, 0.25) is 0 Å². The van der Waals surface area contributed by atoms with E-state index in [0.717, 1.165) is 18.9 Å². The van der Waals surface area contributed by atoms with Gasteiger partial charge >= 0.3 is 0 Å². The number of anilines is 1. The van der Waals surface area contributed by atoms with Crippen LogP contribution in [0.5, 0.6) is 5.75 Å². The maximum atomic E-state index is 5.63. The Morgan fingerprint density at radius 1 is 0.500 bits per heavy atom. The molecule has 1 aromatic carbocycles. The second kappa shape index (κ2) is 23.3. The van der Waals surface area contributed by atoms with Crippen LogP contribution in [0.3, 0.4) is 0 Å². The van der Waals surface area contributed by atoms with Crippen molar-refractivity contribution in [2.45, 2.75) is 0 Å². The number of rotatable bonds is 25. The molecule has 1 aromatic rings. The molecule has 0 radical (unpaired) electrons. The topological polar surface area (TPSA) is 103 Å². The van der Waals surface area contributed by atoms with E-state index in [0.29, 0.717) is 98.2 Å². The van der Waals surface area contributed by atoms with E-state index in [-0.39, 0.29) is 0 Å². The van der Waals surface area contributed by atoms with E-state index in [2.05, 4.69) is 4.90 Å². The van der Waals surface area contributed by atoms with Gasteiger partial charge in [-0.15, -0.1) is 0 Å². The maximum Gasteiger partial charge on any atom is 0.119 e. The van der Waals surface area contributed by atoms with Gasteiger partial charge in [0, 0.05) is 12.2 Å². The van der Waals surface area contributed by atoms with Crippen LogP contribution in [-0.2, 0) is 33.2 Å². The van der Waals surface area contributed by atoms with Crippen molar-refractivity contribution in [2.75, 3.05) is 125 Å². The molecule has 0 spiro atoms. The standard InChI is InChI=1S/C24H44N2O8/c1-26(2)7-8-27-9-10-28-11-12-29-13-14-30-15-16-31-17-18-32-19-20-33-21-22-34-24-5-3-23(25)4-6-24/h3-6H,7-22,25H2,1-2H3. The lowest BCUT2D eigenvalue weighted by atomic mass is 10.3. The molecular weight excluding hydrogens is 444 g/mol. The van der Waals surface area contributed by atoms with Crippen molar-refractivity contribution in [3.63, 3.8) is 0 Å². The number of nitrogen functional groups attached to an aromatic ring is 1. The van der Waals surface area contributed by atoms with Crippen molar-refractivity contribution in [1.82, 2.24) is 4.90 Å². The van der Waals surface area contributed by atoms with Gasteiger partial charge < -0.3 is 48.5 Å². The van der Waals surface area contributed by atoms with E-state index < -0.39 is 0 Å². The quantitative estimate of drug-likeness (QED) is 0.160. The number of hydrogen-bond acceptors (Lipinski definition) is 10. The summed E-state index contributed by atoms with van der Waals surface area (Å²) in [4.78, 5) is 2.08. The van der Waals surface area contributed by atoms with Crippen LogP contribution in [-0.4, -0.2) is 125 Å². The average Bonchev–Trinajstić information content (AvgIpc) is 2.82. The van der Waals surface area contributed by atoms with Crippen molar-refractivity contribution in [3.05, 3.63) is 24.3 Å². The van der Waals surface area contributed by atoms with Gasteiger partial charge in [-0.1, -0.05) is 0 Å². The average molecular weight is 489 g/mol. The Bertz CT molecular complexity index is 548. The second-order valence-electron chi connectivity index (χ2n) is 7.51. The van der Waals surface area contributed by atoms with E-state index in [4.69, 9.17) is 43.6 Å². The first-order valence-electron chi connectivity index (χ1n) is 11.9. The molecule has 0 aromatic heterocycles. The molecule has 0 amide bonds. The van der Waals surface area contributed by atoms with Gasteiger partial charge in [0.15, 0.2) is 0 Å². The molecule has 0 saturated carbocycles. The van der Waals surface area contributed by atoms with Crippen LogP contribution < -0.4 is 10.5 Å². The molecule has 0 fully saturated rings. The van der Waals surface area contributed by atoms with Crippen molar-refractivity contribution in [1.29, 1.82) is 0 Å². The van der Waals surface area contributed by atoms with Crippen LogP contribution in [0.25, 0.3) is 0 Å². The first kappa shape index (κ1) is 30.5. The smallest absolute Gasteiger partial charge is 0.119 e. The molecule has 0 saturated heterocycles. The normalized spacial score (nSPS) is 11.4. The molecule has 0 heterocycles. The van der Waals surface area contributed by atoms with Gasteiger partial charge in [-0.25, -0.2) is 0 Å². The fraction of sp³-hybridized carbons (Fsp3) is 0.750. The molecule has 0 atom stereocenters. The summed E-state index contributed by atoms with van der Waals surface area (Å²) >= 11 is 0. The highest BCUT2D eigenvalue weighted by Gasteiger charge is 1.96. The zero-order chi connectivity index (χ0) is 24.5. The number of nitrogens with zero attached hydrogens (tertiary/aromatic N) is 1. The Morgan fingerprint density at radius 3 is 1.18 bits per heavy atom. The lowest BCUT2D eigenvalue weighted by molar-refractivity contribution is -0.0214. The molecule has 0 aliphatic heterocycles. The fourth-order valence-electron chi connectivity index (χ4n) is 2.45. The maximum absolute atomic E-state index is 5.63. The number of benzene rings is 1. The minimum atomic E-state index is 0.485. The first-order valence-corrected chi connectivity index (χ1v) is 11.9. The van der Waals surface area contributed by atoms with Crippen LogP contribution in [0, 0.1) is 0 Å². The van der Waals surface area contributed by atoms with Gasteiger partial charge in [0.1, 0.15) is 12.4 Å². The van der Waals surface area contributed by atoms with E-state index in [1.165, 1.54) is 0 Å². The number of ether oxygens (including phenoxy) is 8. The minimum absolute atomic E-state index is 0.485. The SMILES string of the molecule is CN(C)CCOCCOCCOCCOCCOCCOCCOCCOc1ccc(N)cc1. The van der Waals surface area contributed by atoms with Crippen molar-refractivity contribution >= 4 is 5.69 Å². The van der Waals surface area contributed by atoms with E-state index in [9.17, 15) is 0 Å². The van der Waals surface area contributed by atoms with Crippen LogP contribution in [0.2, 0.25) is 0 Å². The Kier molecular flexibility index (Phi) is 20.9. The summed E-state index contributed by atoms with van der Waals surface area (Å²) in [6, 6.07) is 7.28. The first-order chi connectivity index (χ1) is 16.7. The lowest BCUT2D eigenvalue weighted by Crippen LogP contribution is -2.19. The summed E-state index contributed by atoms with van der Waals surface area (Å²) in [5.74, 6) is 0.778. The van der Waals surface area contributed by atoms with Crippen LogP contribution in [0.1, 0.15) is 0 Å². The predicted octanol–water partition coefficient (Wildman–Crippen LogP) is 1.33. The molecule has 0 bridgehead atoms. The summed E-state index contributed by atoms with van der Waals surface area (Å²) in [7, 11) is 4.04. The third-order valence-electron chi connectivity index (χ3n) is 4.29. The molecule has 0 aliphatic carbocycles. The summed E-state index contributed by atoms with van der Waals surface area (Å²) < 4.78 is 43.7. The Labute approximate surface area is 204 Å². The molecule has 0 aliphatic rings. The zero-order valence-electron chi connectivity index (χ0n) is 20.9. The highest BCUT2D eigenvalue weighted by Crippen LogP contribution is 2.12. The van der Waals surface area contributed by atoms with Crippen LogP contribution in [0.15, 0.2) is 24.3 Å². The monoisotopic (exact) mass is 488 g/mol. The molecule has 10 nitrogen and oxygen atoms in total. The Morgan fingerprint density at radius 2 is 0.824 bits per heavy atom. The van der Waals surface area contributed by atoms with Crippen molar-refractivity contribution in [3.8, 4) is 5.75 Å². The van der Waals surface area contributed by atoms with Gasteiger partial charge in [-0.05, 0) is 38.4 Å². The molecular formula is C24H44N2O8. The van der Waals surface area contributed by atoms with Crippen LogP contribution in [0.4, 0.5) is 5.69 Å². The predicted molar refractivity (Wildman–Crippen MR) is 131 cm³/mol. The highest BCUT2D eigenvalue weighted by molar-refractivity contribution is 5.41. The number of hydrogen-bond donors (Lipinski definition) is 1. The van der Waals surface area contributed by atoms with E-state index in [1.54, 1.807) is 12.1 Å². The van der Waals surface area contributed by atoms with Crippen LogP contribution >= 0.6 is 0 Å². The van der Waals surface area contributed by atoms with Crippen molar-refractivity contribution in [2.24, 2.45) is 0 Å². The molecule has 2 N–H and O–H groups in total. The number of likely N-dealkylation sites (N-methyl/N-ethyl adjacent to an activating group) is 1. The molecule has 10 heteroatoms. The summed E-state index contributed by atoms with van der Waals surface area (Å²) in [6.45, 7) is 9.14. The highest BCUT2D eigenvalue weighted by atomic mass is 16.6. The molecule has 198 valence electrons. The van der Waals surface area contributed by atoms with E-state index >= 15 is 0 Å².